The number of fused-ring (bicyclic) bond motifs is 1. The van der Waals surface area contributed by atoms with E-state index < -0.39 is 0 Å². The summed E-state index contributed by atoms with van der Waals surface area (Å²) in [4.78, 5) is 12.8. The van der Waals surface area contributed by atoms with Gasteiger partial charge < -0.3 is 10.6 Å². The van der Waals surface area contributed by atoms with E-state index in [4.69, 9.17) is 0 Å². The number of pyridine rings is 1. The molecule has 100 valence electrons. The van der Waals surface area contributed by atoms with Crippen LogP contribution in [0, 0.1) is 0 Å². The minimum absolute atomic E-state index is 0.716. The van der Waals surface area contributed by atoms with Crippen molar-refractivity contribution in [2.75, 3.05) is 17.2 Å². The fraction of sp³-hybridized carbons (Fsp3) is 0.133. The average molecular weight is 265 g/mol. The van der Waals surface area contributed by atoms with E-state index in [1.54, 1.807) is 18.6 Å². The molecular weight excluding hydrogens is 250 g/mol. The Kier molecular flexibility index (Phi) is 3.41. The van der Waals surface area contributed by atoms with Crippen LogP contribution in [-0.2, 0) is 0 Å². The van der Waals surface area contributed by atoms with Crippen molar-refractivity contribution in [1.82, 2.24) is 15.0 Å². The van der Waals surface area contributed by atoms with Crippen molar-refractivity contribution in [2.45, 2.75) is 6.92 Å². The number of aromatic nitrogens is 3. The third-order valence-corrected chi connectivity index (χ3v) is 2.94. The molecule has 2 heterocycles. The molecule has 0 amide bonds. The molecule has 5 nitrogen and oxygen atoms in total. The van der Waals surface area contributed by atoms with Crippen LogP contribution in [-0.4, -0.2) is 21.5 Å². The maximum absolute atomic E-state index is 4.46. The van der Waals surface area contributed by atoms with Gasteiger partial charge in [-0.05, 0) is 19.1 Å². The van der Waals surface area contributed by atoms with Gasteiger partial charge in [0.15, 0.2) is 5.82 Å². The first-order chi connectivity index (χ1) is 9.86. The molecule has 3 rings (SSSR count). The third-order valence-electron chi connectivity index (χ3n) is 2.94. The van der Waals surface area contributed by atoms with Gasteiger partial charge in [-0.1, -0.05) is 12.1 Å². The molecule has 0 bridgehead atoms. The van der Waals surface area contributed by atoms with Crippen LogP contribution >= 0.6 is 0 Å². The predicted octanol–water partition coefficient (Wildman–Crippen LogP) is 3.20. The summed E-state index contributed by atoms with van der Waals surface area (Å²) in [5.41, 5.74) is 0.993. The second-order valence-corrected chi connectivity index (χ2v) is 4.35. The highest BCUT2D eigenvalue weighted by Gasteiger charge is 2.03. The van der Waals surface area contributed by atoms with Gasteiger partial charge >= 0.3 is 0 Å². The first-order valence-electron chi connectivity index (χ1n) is 6.52. The molecule has 0 fully saturated rings. The van der Waals surface area contributed by atoms with Crippen molar-refractivity contribution in [2.24, 2.45) is 0 Å². The Morgan fingerprint density at radius 1 is 1.00 bits per heavy atom. The molecule has 0 saturated carbocycles. The fourth-order valence-corrected chi connectivity index (χ4v) is 2.06. The summed E-state index contributed by atoms with van der Waals surface area (Å²) in [5.74, 6) is 1.48. The Balaban J connectivity index is 1.95. The number of nitrogens with zero attached hydrogens (tertiary/aromatic N) is 3. The van der Waals surface area contributed by atoms with E-state index in [1.807, 2.05) is 37.4 Å². The summed E-state index contributed by atoms with van der Waals surface area (Å²) in [6.45, 7) is 2.84. The molecule has 2 N–H and O–H groups in total. The van der Waals surface area contributed by atoms with Crippen molar-refractivity contribution in [3.05, 3.63) is 49.1 Å². The quantitative estimate of drug-likeness (QED) is 0.758. The van der Waals surface area contributed by atoms with E-state index in [2.05, 4.69) is 25.6 Å². The van der Waals surface area contributed by atoms with Gasteiger partial charge in [0.25, 0.3) is 0 Å². The largest absolute Gasteiger partial charge is 0.369 e. The molecule has 0 spiro atoms. The summed E-state index contributed by atoms with van der Waals surface area (Å²) in [6.07, 6.45) is 7.05. The maximum Gasteiger partial charge on any atom is 0.151 e. The summed E-state index contributed by atoms with van der Waals surface area (Å²) >= 11 is 0. The second kappa shape index (κ2) is 5.52. The maximum atomic E-state index is 4.46. The summed E-state index contributed by atoms with van der Waals surface area (Å²) in [6, 6.07) is 8.03. The molecule has 0 atom stereocenters. The average Bonchev–Trinajstić information content (AvgIpc) is 2.48. The lowest BCUT2D eigenvalue weighted by Gasteiger charge is -2.09. The highest BCUT2D eigenvalue weighted by molar-refractivity contribution is 5.94. The van der Waals surface area contributed by atoms with E-state index in [0.29, 0.717) is 5.82 Å². The molecule has 0 aliphatic rings. The van der Waals surface area contributed by atoms with Crippen LogP contribution in [0.4, 0.5) is 17.3 Å². The van der Waals surface area contributed by atoms with Crippen LogP contribution in [0.3, 0.4) is 0 Å². The Hall–Kier alpha value is -2.69. The predicted molar refractivity (Wildman–Crippen MR) is 81.2 cm³/mol. The molecule has 2 aromatic heterocycles. The highest BCUT2D eigenvalue weighted by atomic mass is 15.1. The van der Waals surface area contributed by atoms with Gasteiger partial charge in [-0.15, -0.1) is 0 Å². The third kappa shape index (κ3) is 2.51. The molecule has 1 aromatic carbocycles. The van der Waals surface area contributed by atoms with Crippen molar-refractivity contribution >= 4 is 28.1 Å². The lowest BCUT2D eigenvalue weighted by atomic mass is 10.1. The summed E-state index contributed by atoms with van der Waals surface area (Å²) in [5, 5.41) is 8.65. The van der Waals surface area contributed by atoms with E-state index >= 15 is 0 Å². The topological polar surface area (TPSA) is 62.7 Å². The van der Waals surface area contributed by atoms with E-state index in [1.165, 1.54) is 0 Å². The van der Waals surface area contributed by atoms with Crippen molar-refractivity contribution < 1.29 is 0 Å². The van der Waals surface area contributed by atoms with Crippen LogP contribution in [0.15, 0.2) is 49.1 Å². The highest BCUT2D eigenvalue weighted by Crippen LogP contribution is 2.24. The Morgan fingerprint density at radius 2 is 1.90 bits per heavy atom. The zero-order valence-electron chi connectivity index (χ0n) is 11.2. The minimum Gasteiger partial charge on any atom is -0.369 e. The molecular formula is C15H15N5. The molecule has 20 heavy (non-hydrogen) atoms. The molecule has 0 unspecified atom stereocenters. The van der Waals surface area contributed by atoms with Gasteiger partial charge in [0.1, 0.15) is 5.82 Å². The van der Waals surface area contributed by atoms with Gasteiger partial charge in [-0.25, -0.2) is 4.98 Å². The normalized spacial score (nSPS) is 10.4. The smallest absolute Gasteiger partial charge is 0.151 e. The number of rotatable bonds is 4. The van der Waals surface area contributed by atoms with E-state index in [9.17, 15) is 0 Å². The Bertz CT molecular complexity index is 721. The van der Waals surface area contributed by atoms with Gasteiger partial charge in [0.2, 0.25) is 0 Å². The summed E-state index contributed by atoms with van der Waals surface area (Å²) in [7, 11) is 0. The Morgan fingerprint density at radius 3 is 2.80 bits per heavy atom. The van der Waals surface area contributed by atoms with Crippen LogP contribution in [0.25, 0.3) is 10.8 Å². The SMILES string of the molecule is CCNc1cncc(Nc2cccc3cnccc23)n1. The number of benzene rings is 1. The molecule has 0 saturated heterocycles. The van der Waals surface area contributed by atoms with E-state index in [0.717, 1.165) is 28.8 Å². The van der Waals surface area contributed by atoms with Gasteiger partial charge in [-0.3, -0.25) is 9.97 Å². The lowest BCUT2D eigenvalue weighted by Crippen LogP contribution is -2.02. The van der Waals surface area contributed by atoms with Crippen LogP contribution in [0.2, 0.25) is 0 Å². The van der Waals surface area contributed by atoms with Gasteiger partial charge in [0.05, 0.1) is 12.4 Å². The van der Waals surface area contributed by atoms with E-state index in [-0.39, 0.29) is 0 Å². The number of nitrogens with one attached hydrogen (secondary N) is 2. The number of hydrogen-bond donors (Lipinski definition) is 2. The van der Waals surface area contributed by atoms with Crippen LogP contribution in [0.1, 0.15) is 6.92 Å². The molecule has 0 aliphatic carbocycles. The second-order valence-electron chi connectivity index (χ2n) is 4.35. The number of hydrogen-bond acceptors (Lipinski definition) is 5. The standard InChI is InChI=1S/C15H15N5/c1-2-18-14-9-17-10-15(20-14)19-13-5-3-4-11-8-16-7-6-12(11)13/h3-10H,2H2,1H3,(H2,18,19,20). The lowest BCUT2D eigenvalue weighted by molar-refractivity contribution is 1.12. The molecule has 3 aromatic rings. The van der Waals surface area contributed by atoms with Crippen LogP contribution in [0.5, 0.6) is 0 Å². The monoisotopic (exact) mass is 265 g/mol. The van der Waals surface area contributed by atoms with Gasteiger partial charge in [0, 0.05) is 35.4 Å². The van der Waals surface area contributed by atoms with Crippen LogP contribution < -0.4 is 10.6 Å². The van der Waals surface area contributed by atoms with Gasteiger partial charge in [-0.2, -0.15) is 0 Å². The minimum atomic E-state index is 0.716. The van der Waals surface area contributed by atoms with Crippen molar-refractivity contribution in [3.8, 4) is 0 Å². The van der Waals surface area contributed by atoms with Crippen molar-refractivity contribution in [3.63, 3.8) is 0 Å². The molecule has 5 heteroatoms. The Labute approximate surface area is 117 Å². The summed E-state index contributed by atoms with van der Waals surface area (Å²) < 4.78 is 0. The zero-order valence-corrected chi connectivity index (χ0v) is 11.2. The first-order valence-corrected chi connectivity index (χ1v) is 6.52. The first kappa shape index (κ1) is 12.3. The number of anilines is 3. The molecule has 0 radical (unpaired) electrons. The zero-order chi connectivity index (χ0) is 13.8. The van der Waals surface area contributed by atoms with Crippen molar-refractivity contribution in [1.29, 1.82) is 0 Å². The fourth-order valence-electron chi connectivity index (χ4n) is 2.06. The molecule has 0 aliphatic heterocycles.